The number of aliphatic imine (C=N–C) groups is 1. The van der Waals surface area contributed by atoms with Crippen molar-refractivity contribution in [1.29, 1.82) is 0 Å². The van der Waals surface area contributed by atoms with Crippen LogP contribution < -0.4 is 5.56 Å². The Morgan fingerprint density at radius 1 is 1.70 bits per heavy atom. The van der Waals surface area contributed by atoms with Crippen molar-refractivity contribution in [2.45, 2.75) is 25.3 Å². The third kappa shape index (κ3) is 2.93. The summed E-state index contributed by atoms with van der Waals surface area (Å²) in [5, 5.41) is 11.0. The zero-order valence-corrected chi connectivity index (χ0v) is 11.1. The summed E-state index contributed by atoms with van der Waals surface area (Å²) in [4.78, 5) is 26.2. The lowest BCUT2D eigenvalue weighted by Gasteiger charge is -2.09. The minimum absolute atomic E-state index is 0.0444. The first-order valence-electron chi connectivity index (χ1n) is 6.18. The van der Waals surface area contributed by atoms with Crippen LogP contribution in [0, 0.1) is 10.1 Å². The Bertz CT molecular complexity index is 629. The largest absolute Gasteiger partial charge is 0.450 e. The van der Waals surface area contributed by atoms with Gasteiger partial charge in [-0.15, -0.1) is 0 Å². The highest BCUT2D eigenvalue weighted by Gasteiger charge is 2.28. The van der Waals surface area contributed by atoms with Crippen LogP contribution >= 0.6 is 0 Å². The summed E-state index contributed by atoms with van der Waals surface area (Å²) in [5.74, 6) is 0.576. The van der Waals surface area contributed by atoms with E-state index in [2.05, 4.69) is 11.6 Å². The number of nitro groups is 1. The SMILES string of the molecule is C=COC(Cn1cc(C2CC2)cc([N+](=O)[O-])c1=O)=NC. The van der Waals surface area contributed by atoms with Crippen LogP contribution in [0.2, 0.25) is 0 Å². The highest BCUT2D eigenvalue weighted by atomic mass is 16.6. The quantitative estimate of drug-likeness (QED) is 0.270. The van der Waals surface area contributed by atoms with E-state index in [4.69, 9.17) is 4.74 Å². The first-order valence-corrected chi connectivity index (χ1v) is 6.18. The van der Waals surface area contributed by atoms with Crippen molar-refractivity contribution >= 4 is 11.6 Å². The fraction of sp³-hybridized carbons (Fsp3) is 0.385. The van der Waals surface area contributed by atoms with Gasteiger partial charge in [-0.2, -0.15) is 0 Å². The average molecular weight is 277 g/mol. The summed E-state index contributed by atoms with van der Waals surface area (Å²) in [5.41, 5.74) is -0.262. The molecule has 1 saturated carbocycles. The van der Waals surface area contributed by atoms with Crippen LogP contribution in [0.4, 0.5) is 5.69 Å². The number of hydrogen-bond donors (Lipinski definition) is 0. The van der Waals surface area contributed by atoms with Gasteiger partial charge in [0.1, 0.15) is 6.54 Å². The number of pyridine rings is 1. The summed E-state index contributed by atoms with van der Waals surface area (Å²) < 4.78 is 6.31. The van der Waals surface area contributed by atoms with Crippen molar-refractivity contribution < 1.29 is 9.66 Å². The third-order valence-electron chi connectivity index (χ3n) is 3.11. The lowest BCUT2D eigenvalue weighted by atomic mass is 10.2. The molecule has 1 heterocycles. The monoisotopic (exact) mass is 277 g/mol. The van der Waals surface area contributed by atoms with Crippen molar-refractivity contribution in [3.8, 4) is 0 Å². The number of hydrogen-bond acceptors (Lipinski definition) is 5. The maximum absolute atomic E-state index is 12.0. The van der Waals surface area contributed by atoms with Gasteiger partial charge in [0.15, 0.2) is 0 Å². The second-order valence-corrected chi connectivity index (χ2v) is 4.52. The van der Waals surface area contributed by atoms with Crippen LogP contribution in [0.5, 0.6) is 0 Å². The highest BCUT2D eigenvalue weighted by molar-refractivity contribution is 5.76. The second kappa shape index (κ2) is 5.68. The van der Waals surface area contributed by atoms with E-state index in [1.165, 1.54) is 23.9 Å². The van der Waals surface area contributed by atoms with Gasteiger partial charge in [0.05, 0.1) is 11.2 Å². The van der Waals surface area contributed by atoms with E-state index in [-0.39, 0.29) is 12.4 Å². The summed E-state index contributed by atoms with van der Waals surface area (Å²) in [6, 6.07) is 1.37. The molecule has 0 radical (unpaired) electrons. The van der Waals surface area contributed by atoms with Gasteiger partial charge < -0.3 is 9.30 Å². The van der Waals surface area contributed by atoms with Gasteiger partial charge in [-0.1, -0.05) is 6.58 Å². The molecule has 0 bridgehead atoms. The molecule has 0 unspecified atom stereocenters. The summed E-state index contributed by atoms with van der Waals surface area (Å²) in [6.45, 7) is 3.46. The average Bonchev–Trinajstić information content (AvgIpc) is 3.24. The van der Waals surface area contributed by atoms with Crippen LogP contribution in [0.3, 0.4) is 0 Å². The lowest BCUT2D eigenvalue weighted by Crippen LogP contribution is -2.26. The van der Waals surface area contributed by atoms with Gasteiger partial charge in [-0.3, -0.25) is 19.9 Å². The van der Waals surface area contributed by atoms with Gasteiger partial charge in [-0.05, 0) is 24.3 Å². The number of aromatic nitrogens is 1. The van der Waals surface area contributed by atoms with Gasteiger partial charge in [0, 0.05) is 19.3 Å². The first kappa shape index (κ1) is 14.0. The fourth-order valence-corrected chi connectivity index (χ4v) is 1.93. The normalized spacial score (nSPS) is 14.9. The molecular weight excluding hydrogens is 262 g/mol. The minimum atomic E-state index is -0.659. The van der Waals surface area contributed by atoms with E-state index >= 15 is 0 Å². The van der Waals surface area contributed by atoms with Crippen LogP contribution in [0.15, 0.2) is 34.9 Å². The molecule has 1 fully saturated rings. The number of rotatable bonds is 5. The Morgan fingerprint density at radius 3 is 2.90 bits per heavy atom. The topological polar surface area (TPSA) is 86.7 Å². The maximum Gasteiger partial charge on any atom is 0.334 e. The van der Waals surface area contributed by atoms with Gasteiger partial charge in [0.2, 0.25) is 5.90 Å². The van der Waals surface area contributed by atoms with Crippen molar-refractivity contribution in [2.75, 3.05) is 7.05 Å². The van der Waals surface area contributed by atoms with Crippen molar-refractivity contribution in [3.05, 3.63) is 51.1 Å². The summed E-state index contributed by atoms with van der Waals surface area (Å²) in [7, 11) is 1.52. The molecule has 0 spiro atoms. The molecule has 0 saturated heterocycles. The Kier molecular flexibility index (Phi) is 3.97. The molecule has 1 aliphatic rings. The Morgan fingerprint density at radius 2 is 2.40 bits per heavy atom. The van der Waals surface area contributed by atoms with Crippen molar-refractivity contribution in [3.63, 3.8) is 0 Å². The van der Waals surface area contributed by atoms with E-state index < -0.39 is 16.2 Å². The van der Waals surface area contributed by atoms with Gasteiger partial charge in [-0.25, -0.2) is 0 Å². The molecule has 0 aliphatic heterocycles. The molecule has 0 N–H and O–H groups in total. The van der Waals surface area contributed by atoms with Crippen LogP contribution in [-0.2, 0) is 11.3 Å². The molecule has 2 rings (SSSR count). The molecule has 106 valence electrons. The van der Waals surface area contributed by atoms with E-state index in [1.807, 2.05) is 0 Å². The summed E-state index contributed by atoms with van der Waals surface area (Å²) >= 11 is 0. The zero-order valence-electron chi connectivity index (χ0n) is 11.1. The number of nitrogens with zero attached hydrogens (tertiary/aromatic N) is 3. The molecule has 7 heteroatoms. The zero-order chi connectivity index (χ0) is 14.7. The predicted octanol–water partition coefficient (Wildman–Crippen LogP) is 1.82. The van der Waals surface area contributed by atoms with Crippen molar-refractivity contribution in [1.82, 2.24) is 4.57 Å². The van der Waals surface area contributed by atoms with E-state index in [0.717, 1.165) is 18.4 Å². The highest BCUT2D eigenvalue weighted by Crippen LogP contribution is 2.40. The predicted molar refractivity (Wildman–Crippen MR) is 74.0 cm³/mol. The molecule has 1 aromatic rings. The first-order chi connectivity index (χ1) is 9.56. The van der Waals surface area contributed by atoms with E-state index in [0.29, 0.717) is 5.92 Å². The Hall–Kier alpha value is -2.44. The van der Waals surface area contributed by atoms with Crippen LogP contribution in [0.1, 0.15) is 24.3 Å². The molecular formula is C13H15N3O4. The van der Waals surface area contributed by atoms with Gasteiger partial charge >= 0.3 is 11.2 Å². The number of ether oxygens (including phenoxy) is 1. The van der Waals surface area contributed by atoms with Gasteiger partial charge in [0.25, 0.3) is 0 Å². The standard InChI is InChI=1S/C13H15N3O4/c1-3-20-12(14-2)8-15-7-10(9-4-5-9)6-11(13(15)17)16(18)19/h3,6-7,9H,1,4-5,8H2,2H3. The lowest BCUT2D eigenvalue weighted by molar-refractivity contribution is -0.386. The molecule has 20 heavy (non-hydrogen) atoms. The van der Waals surface area contributed by atoms with Crippen LogP contribution in [0.25, 0.3) is 0 Å². The van der Waals surface area contributed by atoms with E-state index in [1.54, 1.807) is 6.20 Å². The fourth-order valence-electron chi connectivity index (χ4n) is 1.93. The third-order valence-corrected chi connectivity index (χ3v) is 3.11. The Balaban J connectivity index is 2.42. The molecule has 0 aromatic carbocycles. The molecule has 1 aliphatic carbocycles. The van der Waals surface area contributed by atoms with E-state index in [9.17, 15) is 14.9 Å². The minimum Gasteiger partial charge on any atom is -0.450 e. The molecule has 7 nitrogen and oxygen atoms in total. The molecule has 1 aromatic heterocycles. The maximum atomic E-state index is 12.0. The Labute approximate surface area is 115 Å². The summed E-state index contributed by atoms with van der Waals surface area (Å²) in [6.07, 6.45) is 4.83. The molecule has 0 atom stereocenters. The smallest absolute Gasteiger partial charge is 0.334 e. The second-order valence-electron chi connectivity index (χ2n) is 4.52. The molecule has 0 amide bonds. The van der Waals surface area contributed by atoms with Crippen LogP contribution in [-0.4, -0.2) is 22.4 Å². The van der Waals surface area contributed by atoms with Crippen molar-refractivity contribution in [2.24, 2.45) is 4.99 Å².